The van der Waals surface area contributed by atoms with E-state index in [1.54, 1.807) is 25.5 Å². The molecule has 1 aromatic heterocycles. The molecule has 0 radical (unpaired) electrons. The topological polar surface area (TPSA) is 118 Å². The average molecular weight is 565 g/mol. The normalized spacial score (nSPS) is 17.9. The van der Waals surface area contributed by atoms with Crippen molar-refractivity contribution in [2.45, 2.75) is 71.8 Å². The van der Waals surface area contributed by atoms with Gasteiger partial charge in [-0.2, -0.15) is 18.3 Å². The minimum Gasteiger partial charge on any atom is -0.350 e. The minimum absolute atomic E-state index is 0.0504. The van der Waals surface area contributed by atoms with Gasteiger partial charge in [0.15, 0.2) is 5.92 Å². The largest absolute Gasteiger partial charge is 0.405 e. The average Bonchev–Trinajstić information content (AvgIpc) is 3.53. The summed E-state index contributed by atoms with van der Waals surface area (Å²) in [5, 5.41) is 9.50. The van der Waals surface area contributed by atoms with Gasteiger partial charge in [-0.15, -0.1) is 0 Å². The van der Waals surface area contributed by atoms with Crippen molar-refractivity contribution in [1.29, 1.82) is 0 Å². The van der Waals surface area contributed by atoms with Crippen molar-refractivity contribution in [2.75, 3.05) is 6.54 Å². The zero-order valence-corrected chi connectivity index (χ0v) is 23.3. The fraction of sp³-hybridized carbons (Fsp3) is 0.536. The van der Waals surface area contributed by atoms with Gasteiger partial charge >= 0.3 is 6.18 Å². The first kappa shape index (κ1) is 30.8. The highest BCUT2D eigenvalue weighted by Gasteiger charge is 2.50. The van der Waals surface area contributed by atoms with Crippen LogP contribution in [0.4, 0.5) is 13.2 Å². The number of carbonyl (C=O) groups is 3. The van der Waals surface area contributed by atoms with Gasteiger partial charge in [0.2, 0.25) is 11.8 Å². The number of carbonyl (C=O) groups excluding carboxylic acids is 4. The van der Waals surface area contributed by atoms with Crippen molar-refractivity contribution in [3.63, 3.8) is 0 Å². The number of alkyl halides is 3. The number of nitrogens with one attached hydrogen (secondary N) is 2. The molecule has 0 unspecified atom stereocenters. The Morgan fingerprint density at radius 1 is 1.07 bits per heavy atom. The van der Waals surface area contributed by atoms with Crippen LogP contribution in [0, 0.1) is 24.7 Å². The molecule has 3 N–H and O–H groups in total. The molecule has 0 aliphatic carbocycles. The quantitative estimate of drug-likeness (QED) is 0.340. The minimum atomic E-state index is -4.76. The van der Waals surface area contributed by atoms with Crippen LogP contribution in [-0.2, 0) is 9.59 Å². The van der Waals surface area contributed by atoms with Gasteiger partial charge in [0, 0.05) is 6.54 Å². The highest BCUT2D eigenvalue weighted by Crippen LogP contribution is 2.31. The van der Waals surface area contributed by atoms with Crippen LogP contribution in [0.3, 0.4) is 0 Å². The molecule has 1 fully saturated rings. The molecule has 0 saturated carbocycles. The number of benzene rings is 1. The molecule has 0 bridgehead atoms. The van der Waals surface area contributed by atoms with Crippen molar-refractivity contribution >= 4 is 24.0 Å². The fourth-order valence-electron chi connectivity index (χ4n) is 4.99. The van der Waals surface area contributed by atoms with Gasteiger partial charge < -0.3 is 15.5 Å². The number of hydrogen-bond donors (Lipinski definition) is 2. The molecule has 4 atom stereocenters. The number of rotatable bonds is 10. The van der Waals surface area contributed by atoms with E-state index < -0.39 is 53.9 Å². The van der Waals surface area contributed by atoms with E-state index in [2.05, 4.69) is 15.7 Å². The maximum Gasteiger partial charge on any atom is 0.405 e. The lowest BCUT2D eigenvalue weighted by atomic mass is 9.90. The van der Waals surface area contributed by atoms with Crippen molar-refractivity contribution < 1.29 is 32.3 Å². The van der Waals surface area contributed by atoms with Gasteiger partial charge in [-0.05, 0) is 43.7 Å². The molecule has 3 amide bonds. The van der Waals surface area contributed by atoms with Crippen LogP contribution in [-0.4, -0.2) is 74.3 Å². The summed E-state index contributed by atoms with van der Waals surface area (Å²) in [4.78, 5) is 50.7. The van der Waals surface area contributed by atoms with Crippen LogP contribution in [0.15, 0.2) is 36.5 Å². The highest BCUT2D eigenvalue weighted by molar-refractivity contribution is 5.99. The third kappa shape index (κ3) is 6.71. The number of amides is 3. The van der Waals surface area contributed by atoms with Gasteiger partial charge in [-0.25, -0.2) is 4.68 Å². The van der Waals surface area contributed by atoms with E-state index in [9.17, 15) is 32.3 Å². The number of halogens is 3. The van der Waals surface area contributed by atoms with Crippen molar-refractivity contribution in [1.82, 2.24) is 25.3 Å². The van der Waals surface area contributed by atoms with Crippen molar-refractivity contribution in [3.05, 3.63) is 47.8 Å². The third-order valence-electron chi connectivity index (χ3n) is 7.27. The molecule has 1 aliphatic rings. The van der Waals surface area contributed by atoms with Crippen LogP contribution in [0.1, 0.15) is 56.6 Å². The number of hydrogen-bond acceptors (Lipinski definition) is 4. The summed E-state index contributed by atoms with van der Waals surface area (Å²) in [6.07, 6.45) is -2.54. The molecule has 9 nitrogen and oxygen atoms in total. The number of para-hydroxylation sites is 1. The van der Waals surface area contributed by atoms with Crippen LogP contribution in [0.2, 0.25) is 0 Å². The summed E-state index contributed by atoms with van der Waals surface area (Å²) in [6.45, 7) is 8.50. The van der Waals surface area contributed by atoms with E-state index in [1.165, 1.54) is 24.9 Å². The zero-order chi connectivity index (χ0) is 29.8. The summed E-state index contributed by atoms with van der Waals surface area (Å²) in [7, 11) is 0. The summed E-state index contributed by atoms with van der Waals surface area (Å²) in [5.74, 6) is -4.96. The lowest BCUT2D eigenvalue weighted by molar-refractivity contribution is -0.166. The predicted molar refractivity (Wildman–Crippen MR) is 143 cm³/mol. The molecule has 1 saturated heterocycles. The van der Waals surface area contributed by atoms with Crippen LogP contribution < -0.4 is 10.6 Å². The second kappa shape index (κ2) is 12.6. The van der Waals surface area contributed by atoms with Crippen LogP contribution >= 0.6 is 0 Å². The molecule has 0 spiro atoms. The Kier molecular flexibility index (Phi) is 9.75. The number of likely N-dealkylation sites (tertiary alicyclic amines) is 1. The van der Waals surface area contributed by atoms with E-state index in [1.807, 2.05) is 30.3 Å². The molecule has 12 heteroatoms. The summed E-state index contributed by atoms with van der Waals surface area (Å²) in [5.41, 5.74) is 1.64. The van der Waals surface area contributed by atoms with Crippen LogP contribution in [0.5, 0.6) is 0 Å². The van der Waals surface area contributed by atoms with Gasteiger partial charge in [0.05, 0.1) is 29.2 Å². The molecular formula is C28H37F3N5O4+. The second-order valence-corrected chi connectivity index (χ2v) is 10.8. The van der Waals surface area contributed by atoms with Crippen molar-refractivity contribution in [3.8, 4) is 5.69 Å². The molecule has 1 aromatic carbocycles. The van der Waals surface area contributed by atoms with E-state index >= 15 is 0 Å². The van der Waals surface area contributed by atoms with Crippen LogP contribution in [0.25, 0.3) is 5.69 Å². The first-order valence-corrected chi connectivity index (χ1v) is 13.3. The molecule has 3 rings (SSSR count). The Bertz CT molecular complexity index is 1210. The molecular weight excluding hydrogens is 527 g/mol. The van der Waals surface area contributed by atoms with E-state index in [0.29, 0.717) is 12.1 Å². The zero-order valence-electron chi connectivity index (χ0n) is 23.3. The second-order valence-electron chi connectivity index (χ2n) is 10.8. The standard InChI is InChI=1S/C28H36F3N5O4/c1-16(2)23(21(15-37)28(29,30)31)33-26(39)22-12-9-13-35(22)27(40)24(17(3)4)34-25(38)20-14-32-36(18(20)5)19-10-7-6-8-11-19/h6-8,10-11,14-17,21-24H,9,12-13H2,1-5H3,(H,33,39)(H,34,38)/p+1/t21-,22-,23-,24-/m0/s1. The number of aromatic nitrogens is 2. The molecule has 2 aromatic rings. The lowest BCUT2D eigenvalue weighted by Crippen LogP contribution is -2.58. The first-order valence-electron chi connectivity index (χ1n) is 13.3. The lowest BCUT2D eigenvalue weighted by Gasteiger charge is -2.33. The van der Waals surface area contributed by atoms with E-state index in [0.717, 1.165) is 5.69 Å². The SMILES string of the molecule is Cc1c(C(=O)N[C@H](C(=O)N2CCC[C@H]2C(=O)N[C@@H](C(C)C)[C@H](C=[OH+])C(F)(F)F)C(C)C)cnn1-c1ccccc1. The predicted octanol–water partition coefficient (Wildman–Crippen LogP) is 3.42. The summed E-state index contributed by atoms with van der Waals surface area (Å²) < 4.78 is 42.1. The smallest absolute Gasteiger partial charge is 0.350 e. The Hall–Kier alpha value is -3.70. The van der Waals surface area contributed by atoms with E-state index in [4.69, 9.17) is 0 Å². The Labute approximate surface area is 231 Å². The maximum absolute atomic E-state index is 13.6. The highest BCUT2D eigenvalue weighted by atomic mass is 19.4. The summed E-state index contributed by atoms with van der Waals surface area (Å²) in [6, 6.07) is 5.86. The van der Waals surface area contributed by atoms with E-state index in [-0.39, 0.29) is 30.7 Å². The van der Waals surface area contributed by atoms with Gasteiger partial charge in [0.25, 0.3) is 12.2 Å². The molecule has 40 heavy (non-hydrogen) atoms. The Morgan fingerprint density at radius 3 is 2.27 bits per heavy atom. The Morgan fingerprint density at radius 2 is 1.73 bits per heavy atom. The summed E-state index contributed by atoms with van der Waals surface area (Å²) >= 11 is 0. The fourth-order valence-corrected chi connectivity index (χ4v) is 4.99. The van der Waals surface area contributed by atoms with Gasteiger partial charge in [0.1, 0.15) is 12.1 Å². The molecule has 218 valence electrons. The van der Waals surface area contributed by atoms with Crippen molar-refractivity contribution in [2.24, 2.45) is 17.8 Å². The number of nitrogens with zero attached hydrogens (tertiary/aromatic N) is 3. The number of aldehydes is 1. The Balaban J connectivity index is 1.77. The third-order valence-corrected chi connectivity index (χ3v) is 7.27. The monoisotopic (exact) mass is 564 g/mol. The first-order chi connectivity index (χ1) is 18.8. The molecule has 1 aliphatic heterocycles. The van der Waals surface area contributed by atoms with Gasteiger partial charge in [-0.3, -0.25) is 19.2 Å². The molecule has 2 heterocycles. The maximum atomic E-state index is 13.6. The van der Waals surface area contributed by atoms with Gasteiger partial charge in [-0.1, -0.05) is 45.9 Å².